The molecule has 0 saturated carbocycles. The minimum atomic E-state index is -3.70. The second kappa shape index (κ2) is 6.84. The number of amides is 2. The van der Waals surface area contributed by atoms with Gasteiger partial charge < -0.3 is 10.0 Å². The average Bonchev–Trinajstić information content (AvgIpc) is 2.89. The molecule has 1 fully saturated rings. The summed E-state index contributed by atoms with van der Waals surface area (Å²) in [5.74, 6) is -0.750. The Bertz CT molecular complexity index is 801. The second-order valence-corrected chi connectivity index (χ2v) is 9.38. The lowest BCUT2D eigenvalue weighted by Gasteiger charge is -2.21. The molecule has 0 aromatic carbocycles. The summed E-state index contributed by atoms with van der Waals surface area (Å²) in [5.41, 5.74) is -1.58. The molecule has 144 valence electrons. The van der Waals surface area contributed by atoms with Gasteiger partial charge in [0.1, 0.15) is 10.7 Å². The first-order valence-corrected chi connectivity index (χ1v) is 9.60. The van der Waals surface area contributed by atoms with Crippen LogP contribution in [0.25, 0.3) is 0 Å². The summed E-state index contributed by atoms with van der Waals surface area (Å²) >= 11 is 0. The molecule has 2 rings (SSSR count). The number of aliphatic carboxylic acids is 1. The van der Waals surface area contributed by atoms with E-state index in [1.807, 2.05) is 0 Å². The van der Waals surface area contributed by atoms with Crippen LogP contribution in [0.3, 0.4) is 0 Å². The highest BCUT2D eigenvalue weighted by atomic mass is 32.2. The highest BCUT2D eigenvalue weighted by Gasteiger charge is 2.42. The number of hydrogen-bond acceptors (Lipinski definition) is 5. The highest BCUT2D eigenvalue weighted by molar-refractivity contribution is 7.89. The molecule has 9 nitrogen and oxygen atoms in total. The van der Waals surface area contributed by atoms with Gasteiger partial charge >= 0.3 is 12.0 Å². The zero-order valence-corrected chi connectivity index (χ0v) is 16.1. The molecule has 0 aliphatic carbocycles. The Hall–Kier alpha value is -2.20. The van der Waals surface area contributed by atoms with Crippen LogP contribution >= 0.6 is 0 Å². The van der Waals surface area contributed by atoms with E-state index in [4.69, 9.17) is 0 Å². The average molecular weight is 384 g/mol. The Morgan fingerprint density at radius 3 is 2.42 bits per heavy atom. The van der Waals surface area contributed by atoms with Gasteiger partial charge in [-0.15, -0.1) is 0 Å². The first-order valence-electron chi connectivity index (χ1n) is 8.12. The minimum Gasteiger partial charge on any atom is -0.481 e. The van der Waals surface area contributed by atoms with E-state index in [-0.39, 0.29) is 17.3 Å². The van der Waals surface area contributed by atoms with Gasteiger partial charge in [-0.25, -0.2) is 22.9 Å². The smallest absolute Gasteiger partial charge is 0.323 e. The number of carbonyl (C=O) groups is 2. The molecule has 26 heavy (non-hydrogen) atoms. The molecule has 1 unspecified atom stereocenters. The van der Waals surface area contributed by atoms with Crippen molar-refractivity contribution in [1.29, 1.82) is 0 Å². The SMILES string of the molecule is CC(C)(C)NS(=O)(=O)c1ccc(NC(=O)N2CCC(C)(C(=O)O)C2)nc1. The summed E-state index contributed by atoms with van der Waals surface area (Å²) in [4.78, 5) is 28.9. The van der Waals surface area contributed by atoms with Gasteiger partial charge in [-0.3, -0.25) is 10.1 Å². The molecular formula is C16H24N4O5S. The molecule has 1 aliphatic heterocycles. The van der Waals surface area contributed by atoms with Crippen LogP contribution in [0.4, 0.5) is 10.6 Å². The van der Waals surface area contributed by atoms with Crippen LogP contribution in [0.1, 0.15) is 34.1 Å². The molecule has 10 heteroatoms. The van der Waals surface area contributed by atoms with Crippen LogP contribution in [0, 0.1) is 5.41 Å². The van der Waals surface area contributed by atoms with Crippen LogP contribution < -0.4 is 10.0 Å². The maximum Gasteiger partial charge on any atom is 0.323 e. The van der Waals surface area contributed by atoms with Crippen LogP contribution in [-0.2, 0) is 14.8 Å². The number of likely N-dealkylation sites (tertiary alicyclic amines) is 1. The second-order valence-electron chi connectivity index (χ2n) is 7.70. The van der Waals surface area contributed by atoms with E-state index >= 15 is 0 Å². The number of aromatic nitrogens is 1. The monoisotopic (exact) mass is 384 g/mol. The maximum absolute atomic E-state index is 12.2. The maximum atomic E-state index is 12.2. The van der Waals surface area contributed by atoms with Crippen molar-refractivity contribution in [3.63, 3.8) is 0 Å². The number of carboxylic acid groups (broad SMARTS) is 1. The van der Waals surface area contributed by atoms with Gasteiger partial charge in [0.25, 0.3) is 0 Å². The summed E-state index contributed by atoms with van der Waals surface area (Å²) in [7, 11) is -3.70. The lowest BCUT2D eigenvalue weighted by atomic mass is 9.90. The van der Waals surface area contributed by atoms with Gasteiger partial charge in [-0.05, 0) is 46.2 Å². The van der Waals surface area contributed by atoms with E-state index in [1.54, 1.807) is 27.7 Å². The molecule has 1 aliphatic rings. The molecule has 1 saturated heterocycles. The van der Waals surface area contributed by atoms with Gasteiger partial charge in [-0.1, -0.05) is 0 Å². The fraction of sp³-hybridized carbons (Fsp3) is 0.562. The number of rotatable bonds is 4. The van der Waals surface area contributed by atoms with Gasteiger partial charge in [0, 0.05) is 24.8 Å². The minimum absolute atomic E-state index is 0.00921. The standard InChI is InChI=1S/C16H24N4O5S/c1-15(2,3)19-26(24,25)11-5-6-12(17-9-11)18-14(23)20-8-7-16(4,10-20)13(21)22/h5-6,9,19H,7-8,10H2,1-4H3,(H,21,22)(H,17,18,23). The van der Waals surface area contributed by atoms with Crippen molar-refractivity contribution < 1.29 is 23.1 Å². The van der Waals surface area contributed by atoms with Crippen molar-refractivity contribution in [2.45, 2.75) is 44.6 Å². The molecular weight excluding hydrogens is 360 g/mol. The van der Waals surface area contributed by atoms with E-state index in [0.29, 0.717) is 13.0 Å². The number of carbonyl (C=O) groups excluding carboxylic acids is 1. The Morgan fingerprint density at radius 1 is 1.31 bits per heavy atom. The Balaban J connectivity index is 2.04. The quantitative estimate of drug-likeness (QED) is 0.721. The topological polar surface area (TPSA) is 129 Å². The van der Waals surface area contributed by atoms with Gasteiger partial charge in [0.05, 0.1) is 5.41 Å². The lowest BCUT2D eigenvalue weighted by Crippen LogP contribution is -2.40. The number of urea groups is 1. The third-order valence-corrected chi connectivity index (χ3v) is 5.74. The lowest BCUT2D eigenvalue weighted by molar-refractivity contribution is -0.146. The Kier molecular flexibility index (Phi) is 5.29. The van der Waals surface area contributed by atoms with Gasteiger partial charge in [0.2, 0.25) is 10.0 Å². The van der Waals surface area contributed by atoms with E-state index in [1.165, 1.54) is 17.0 Å². The molecule has 2 amide bonds. The van der Waals surface area contributed by atoms with Crippen molar-refractivity contribution in [3.05, 3.63) is 18.3 Å². The molecule has 0 bridgehead atoms. The van der Waals surface area contributed by atoms with Crippen LogP contribution in [0.2, 0.25) is 0 Å². The number of hydrogen-bond donors (Lipinski definition) is 3. The van der Waals surface area contributed by atoms with Crippen molar-refractivity contribution >= 4 is 27.8 Å². The van der Waals surface area contributed by atoms with Crippen LogP contribution in [0.15, 0.2) is 23.2 Å². The fourth-order valence-corrected chi connectivity index (χ4v) is 3.94. The molecule has 1 atom stereocenters. The zero-order valence-electron chi connectivity index (χ0n) is 15.2. The predicted molar refractivity (Wildman–Crippen MR) is 95.3 cm³/mol. The first-order chi connectivity index (χ1) is 11.8. The van der Waals surface area contributed by atoms with Crippen molar-refractivity contribution in [2.75, 3.05) is 18.4 Å². The van der Waals surface area contributed by atoms with Crippen molar-refractivity contribution in [3.8, 4) is 0 Å². The van der Waals surface area contributed by atoms with E-state index in [9.17, 15) is 23.1 Å². The van der Waals surface area contributed by atoms with Gasteiger partial charge in [0.15, 0.2) is 0 Å². The number of pyridine rings is 1. The predicted octanol–water partition coefficient (Wildman–Crippen LogP) is 1.49. The van der Waals surface area contributed by atoms with Gasteiger partial charge in [-0.2, -0.15) is 0 Å². The largest absolute Gasteiger partial charge is 0.481 e. The molecule has 0 radical (unpaired) electrons. The van der Waals surface area contributed by atoms with E-state index in [0.717, 1.165) is 6.20 Å². The zero-order chi connectivity index (χ0) is 19.8. The molecule has 3 N–H and O–H groups in total. The number of anilines is 1. The van der Waals surface area contributed by atoms with Crippen LogP contribution in [0.5, 0.6) is 0 Å². The van der Waals surface area contributed by atoms with Crippen molar-refractivity contribution in [2.24, 2.45) is 5.41 Å². The molecule has 2 heterocycles. The number of sulfonamides is 1. The third-order valence-electron chi connectivity index (χ3n) is 4.00. The normalized spacial score (nSPS) is 20.8. The molecule has 1 aromatic heterocycles. The molecule has 0 spiro atoms. The highest BCUT2D eigenvalue weighted by Crippen LogP contribution is 2.30. The third kappa shape index (κ3) is 4.70. The number of carboxylic acids is 1. The Labute approximate surface area is 152 Å². The number of nitrogens with zero attached hydrogens (tertiary/aromatic N) is 2. The summed E-state index contributed by atoms with van der Waals surface area (Å²) in [6, 6.07) is 2.27. The Morgan fingerprint density at radius 2 is 1.96 bits per heavy atom. The van der Waals surface area contributed by atoms with E-state index in [2.05, 4.69) is 15.0 Å². The van der Waals surface area contributed by atoms with Crippen LogP contribution in [-0.4, -0.2) is 54.0 Å². The first kappa shape index (κ1) is 20.1. The summed E-state index contributed by atoms with van der Waals surface area (Å²) in [6.45, 7) is 7.23. The summed E-state index contributed by atoms with van der Waals surface area (Å²) in [6.07, 6.45) is 1.54. The van der Waals surface area contributed by atoms with Crippen molar-refractivity contribution in [1.82, 2.24) is 14.6 Å². The van der Waals surface area contributed by atoms with E-state index < -0.39 is 33.0 Å². The fourth-order valence-electron chi connectivity index (χ4n) is 2.57. The summed E-state index contributed by atoms with van der Waals surface area (Å²) in [5, 5.41) is 11.8. The summed E-state index contributed by atoms with van der Waals surface area (Å²) < 4.78 is 27.0. The number of nitrogens with one attached hydrogen (secondary N) is 2. The molecule has 1 aromatic rings.